The number of H-pyrrole nitrogens is 1. The molecule has 0 bridgehead atoms. The topological polar surface area (TPSA) is 85.4 Å². The number of benzene rings is 1. The van der Waals surface area contributed by atoms with Gasteiger partial charge in [0.25, 0.3) is 0 Å². The molecule has 1 aromatic carbocycles. The molecule has 3 N–H and O–H groups in total. The molecule has 2 amide bonds. The van der Waals surface area contributed by atoms with Crippen molar-refractivity contribution in [2.24, 2.45) is 11.3 Å². The maximum Gasteiger partial charge on any atom is 0.245 e. The van der Waals surface area contributed by atoms with Crippen molar-refractivity contribution in [3.05, 3.63) is 36.0 Å². The molecule has 6 heteroatoms. The lowest BCUT2D eigenvalue weighted by Crippen LogP contribution is -2.50. The molecule has 6 nitrogen and oxygen atoms in total. The molecule has 1 saturated carbocycles. The number of nitrogens with one attached hydrogen (secondary N) is 2. The highest BCUT2D eigenvalue weighted by Crippen LogP contribution is 2.45. The molecule has 1 aromatic heterocycles. The molecule has 0 aliphatic heterocycles. The number of carbonyl (C=O) groups excluding carboxylic acids is 2. The minimum absolute atomic E-state index is 0.0933. The summed E-state index contributed by atoms with van der Waals surface area (Å²) in [6.45, 7) is 4.24. The summed E-state index contributed by atoms with van der Waals surface area (Å²) in [6.07, 6.45) is 4.21. The molecular weight excluding hydrogens is 342 g/mol. The number of para-hydroxylation sites is 1. The van der Waals surface area contributed by atoms with Gasteiger partial charge >= 0.3 is 0 Å². The van der Waals surface area contributed by atoms with E-state index in [-0.39, 0.29) is 29.8 Å². The van der Waals surface area contributed by atoms with Crippen molar-refractivity contribution in [1.29, 1.82) is 0 Å². The van der Waals surface area contributed by atoms with Gasteiger partial charge in [0.1, 0.15) is 6.04 Å². The maximum absolute atomic E-state index is 13.1. The van der Waals surface area contributed by atoms with Crippen LogP contribution in [-0.2, 0) is 16.0 Å². The summed E-state index contributed by atoms with van der Waals surface area (Å²) in [6, 6.07) is 7.31. The highest BCUT2D eigenvalue weighted by atomic mass is 16.3. The van der Waals surface area contributed by atoms with E-state index in [0.29, 0.717) is 13.0 Å². The van der Waals surface area contributed by atoms with Gasteiger partial charge in [0, 0.05) is 48.4 Å². The summed E-state index contributed by atoms with van der Waals surface area (Å²) in [5.74, 6) is -0.445. The van der Waals surface area contributed by atoms with Gasteiger partial charge in [-0.15, -0.1) is 0 Å². The molecule has 2 aromatic rings. The van der Waals surface area contributed by atoms with Gasteiger partial charge in [0.05, 0.1) is 6.61 Å². The number of amides is 2. The van der Waals surface area contributed by atoms with Crippen LogP contribution in [0.3, 0.4) is 0 Å². The minimum atomic E-state index is -0.626. The third-order valence-corrected chi connectivity index (χ3v) is 5.48. The Labute approximate surface area is 159 Å². The fraction of sp³-hybridized carbons (Fsp3) is 0.524. The average Bonchev–Trinajstić information content (AvgIpc) is 3.32. The van der Waals surface area contributed by atoms with Crippen LogP contribution in [0.1, 0.15) is 32.3 Å². The van der Waals surface area contributed by atoms with Crippen molar-refractivity contribution >= 4 is 22.7 Å². The first-order valence-corrected chi connectivity index (χ1v) is 9.56. The van der Waals surface area contributed by atoms with Crippen molar-refractivity contribution < 1.29 is 14.7 Å². The zero-order chi connectivity index (χ0) is 19.6. The van der Waals surface area contributed by atoms with Gasteiger partial charge in [0.15, 0.2) is 0 Å². The second-order valence-electron chi connectivity index (χ2n) is 8.13. The lowest BCUT2D eigenvalue weighted by atomic mass is 10.0. The van der Waals surface area contributed by atoms with Gasteiger partial charge in [0.2, 0.25) is 11.8 Å². The molecule has 1 fully saturated rings. The minimum Gasteiger partial charge on any atom is -0.396 e. The predicted molar refractivity (Wildman–Crippen MR) is 105 cm³/mol. The fourth-order valence-corrected chi connectivity index (χ4v) is 3.45. The fourth-order valence-electron chi connectivity index (χ4n) is 3.45. The Morgan fingerprint density at radius 2 is 2.00 bits per heavy atom. The predicted octanol–water partition coefficient (Wildman–Crippen LogP) is 2.08. The third kappa shape index (κ3) is 4.33. The standard InChI is InChI=1S/C21H29N3O3/c1-14(2)19(26)23-18(20(27)24(3)12-21(13-25)8-9-21)10-15-11-22-17-7-5-4-6-16(15)17/h4-7,11,14,18,22,25H,8-10,12-13H2,1-3H3,(H,23,26). The van der Waals surface area contributed by atoms with Crippen LogP contribution in [-0.4, -0.2) is 53.0 Å². The summed E-state index contributed by atoms with van der Waals surface area (Å²) in [4.78, 5) is 30.3. The van der Waals surface area contributed by atoms with Crippen molar-refractivity contribution in [2.45, 2.75) is 39.2 Å². The summed E-state index contributed by atoms with van der Waals surface area (Å²) in [5.41, 5.74) is 1.86. The van der Waals surface area contributed by atoms with Crippen molar-refractivity contribution in [2.75, 3.05) is 20.2 Å². The summed E-state index contributed by atoms with van der Waals surface area (Å²) in [7, 11) is 1.75. The van der Waals surface area contributed by atoms with Crippen LogP contribution in [0.15, 0.2) is 30.5 Å². The van der Waals surface area contributed by atoms with Gasteiger partial charge in [-0.25, -0.2) is 0 Å². The number of likely N-dealkylation sites (N-methyl/N-ethyl adjacent to an activating group) is 1. The number of hydrogen-bond acceptors (Lipinski definition) is 3. The van der Waals surface area contributed by atoms with Crippen LogP contribution in [0, 0.1) is 11.3 Å². The largest absolute Gasteiger partial charge is 0.396 e. The van der Waals surface area contributed by atoms with E-state index in [2.05, 4.69) is 10.3 Å². The van der Waals surface area contributed by atoms with E-state index in [1.54, 1.807) is 11.9 Å². The molecule has 1 unspecified atom stereocenters. The number of aromatic nitrogens is 1. The van der Waals surface area contributed by atoms with Gasteiger partial charge in [-0.05, 0) is 24.5 Å². The monoisotopic (exact) mass is 371 g/mol. The summed E-state index contributed by atoms with van der Waals surface area (Å²) >= 11 is 0. The van der Waals surface area contributed by atoms with Crippen LogP contribution in [0.2, 0.25) is 0 Å². The second kappa shape index (κ2) is 7.72. The van der Waals surface area contributed by atoms with Crippen molar-refractivity contribution in [1.82, 2.24) is 15.2 Å². The van der Waals surface area contributed by atoms with Crippen LogP contribution >= 0.6 is 0 Å². The van der Waals surface area contributed by atoms with Gasteiger partial charge < -0.3 is 20.3 Å². The molecular formula is C21H29N3O3. The Morgan fingerprint density at radius 3 is 2.63 bits per heavy atom. The molecule has 0 radical (unpaired) electrons. The highest BCUT2D eigenvalue weighted by Gasteiger charge is 2.44. The van der Waals surface area contributed by atoms with Crippen LogP contribution in [0.4, 0.5) is 0 Å². The van der Waals surface area contributed by atoms with Crippen LogP contribution < -0.4 is 5.32 Å². The number of fused-ring (bicyclic) bond motifs is 1. The third-order valence-electron chi connectivity index (χ3n) is 5.48. The Morgan fingerprint density at radius 1 is 1.30 bits per heavy atom. The first kappa shape index (κ1) is 19.4. The van der Waals surface area contributed by atoms with E-state index in [9.17, 15) is 14.7 Å². The van der Waals surface area contributed by atoms with Gasteiger partial charge in [-0.2, -0.15) is 0 Å². The van der Waals surface area contributed by atoms with Crippen molar-refractivity contribution in [3.8, 4) is 0 Å². The molecule has 1 atom stereocenters. The van der Waals surface area contributed by atoms with E-state index >= 15 is 0 Å². The van der Waals surface area contributed by atoms with E-state index < -0.39 is 6.04 Å². The Balaban J connectivity index is 1.79. The molecule has 1 aliphatic rings. The molecule has 146 valence electrons. The smallest absolute Gasteiger partial charge is 0.245 e. The number of nitrogens with zero attached hydrogens (tertiary/aromatic N) is 1. The van der Waals surface area contributed by atoms with E-state index in [1.807, 2.05) is 44.3 Å². The number of aliphatic hydroxyl groups is 1. The molecule has 27 heavy (non-hydrogen) atoms. The quantitative estimate of drug-likeness (QED) is 0.664. The molecule has 1 aliphatic carbocycles. The van der Waals surface area contributed by atoms with E-state index in [0.717, 1.165) is 29.3 Å². The summed E-state index contributed by atoms with van der Waals surface area (Å²) in [5, 5.41) is 13.5. The highest BCUT2D eigenvalue weighted by molar-refractivity contribution is 5.90. The molecule has 0 saturated heterocycles. The van der Waals surface area contributed by atoms with Crippen LogP contribution in [0.5, 0.6) is 0 Å². The lowest BCUT2D eigenvalue weighted by molar-refractivity contribution is -0.136. The van der Waals surface area contributed by atoms with E-state index in [4.69, 9.17) is 0 Å². The van der Waals surface area contributed by atoms with Gasteiger partial charge in [-0.1, -0.05) is 32.0 Å². The normalized spacial score (nSPS) is 16.3. The lowest BCUT2D eigenvalue weighted by Gasteiger charge is -2.28. The van der Waals surface area contributed by atoms with E-state index in [1.165, 1.54) is 0 Å². The van der Waals surface area contributed by atoms with Gasteiger partial charge in [-0.3, -0.25) is 9.59 Å². The number of hydrogen-bond donors (Lipinski definition) is 3. The average molecular weight is 371 g/mol. The second-order valence-corrected chi connectivity index (χ2v) is 8.13. The van der Waals surface area contributed by atoms with Crippen molar-refractivity contribution in [3.63, 3.8) is 0 Å². The SMILES string of the molecule is CC(C)C(=O)NC(Cc1c[nH]c2ccccc12)C(=O)N(C)CC1(CO)CC1. The Hall–Kier alpha value is -2.34. The zero-order valence-corrected chi connectivity index (χ0v) is 16.3. The first-order valence-electron chi connectivity index (χ1n) is 9.56. The first-order chi connectivity index (χ1) is 12.8. The number of aliphatic hydroxyl groups excluding tert-OH is 1. The Kier molecular flexibility index (Phi) is 5.56. The molecule has 1 heterocycles. The zero-order valence-electron chi connectivity index (χ0n) is 16.3. The number of rotatable bonds is 8. The van der Waals surface area contributed by atoms with Crippen LogP contribution in [0.25, 0.3) is 10.9 Å². The summed E-state index contributed by atoms with van der Waals surface area (Å²) < 4.78 is 0. The maximum atomic E-state index is 13.1. The number of carbonyl (C=O) groups is 2. The number of aromatic amines is 1. The molecule has 3 rings (SSSR count). The Bertz CT molecular complexity index is 823. The molecule has 0 spiro atoms.